The van der Waals surface area contributed by atoms with Gasteiger partial charge in [-0.2, -0.15) is 13.2 Å². The van der Waals surface area contributed by atoms with E-state index in [0.29, 0.717) is 6.42 Å². The highest BCUT2D eigenvalue weighted by Crippen LogP contribution is 2.29. The van der Waals surface area contributed by atoms with Crippen LogP contribution in [0.5, 0.6) is 0 Å². The van der Waals surface area contributed by atoms with Gasteiger partial charge in [0.2, 0.25) is 15.9 Å². The average molecular weight is 336 g/mol. The molecule has 0 bridgehead atoms. The second-order valence-electron chi connectivity index (χ2n) is 5.11. The van der Waals surface area contributed by atoms with Crippen LogP contribution in [0.2, 0.25) is 0 Å². The van der Waals surface area contributed by atoms with Gasteiger partial charge in [-0.25, -0.2) is 13.1 Å². The zero-order valence-electron chi connectivity index (χ0n) is 11.5. The molecule has 1 saturated heterocycles. The van der Waals surface area contributed by atoms with Gasteiger partial charge < -0.3 is 5.32 Å². The highest BCUT2D eigenvalue weighted by Gasteiger charge is 2.31. The number of hydrogen-bond acceptors (Lipinski definition) is 3. The summed E-state index contributed by atoms with van der Waals surface area (Å²) in [6.07, 6.45) is -3.93. The molecular weight excluding hydrogens is 321 g/mol. The van der Waals surface area contributed by atoms with E-state index in [9.17, 15) is 26.4 Å². The molecule has 1 atom stereocenters. The standard InChI is InChI=1S/C13H15F3N2O3S/c14-13(15,16)10-3-1-2-9(6-10)8-22(20,21)18-11-4-5-12(19)17-7-11/h1-3,6,11,18H,4-5,7-8H2,(H,17,19). The first-order chi connectivity index (χ1) is 10.2. The molecule has 0 aliphatic carbocycles. The molecule has 1 aliphatic rings. The zero-order valence-corrected chi connectivity index (χ0v) is 12.3. The summed E-state index contributed by atoms with van der Waals surface area (Å²) in [4.78, 5) is 11.0. The number of piperidine rings is 1. The van der Waals surface area contributed by atoms with E-state index in [4.69, 9.17) is 0 Å². The third-order valence-electron chi connectivity index (χ3n) is 3.22. The van der Waals surface area contributed by atoms with Gasteiger partial charge in [0.15, 0.2) is 0 Å². The van der Waals surface area contributed by atoms with Crippen LogP contribution in [-0.4, -0.2) is 26.9 Å². The number of alkyl halides is 3. The minimum atomic E-state index is -4.51. The first kappa shape index (κ1) is 16.8. The van der Waals surface area contributed by atoms with Gasteiger partial charge in [0.1, 0.15) is 0 Å². The van der Waals surface area contributed by atoms with Crippen molar-refractivity contribution in [1.29, 1.82) is 0 Å². The molecule has 9 heteroatoms. The predicted octanol–water partition coefficient (Wildman–Crippen LogP) is 1.40. The van der Waals surface area contributed by atoms with Crippen molar-refractivity contribution in [3.05, 3.63) is 35.4 Å². The van der Waals surface area contributed by atoms with Crippen LogP contribution >= 0.6 is 0 Å². The van der Waals surface area contributed by atoms with E-state index in [1.54, 1.807) is 0 Å². The van der Waals surface area contributed by atoms with Gasteiger partial charge >= 0.3 is 6.18 Å². The largest absolute Gasteiger partial charge is 0.416 e. The summed E-state index contributed by atoms with van der Waals surface area (Å²) in [6.45, 7) is 0.181. The third kappa shape index (κ3) is 4.70. The van der Waals surface area contributed by atoms with Crippen LogP contribution in [0.4, 0.5) is 13.2 Å². The second-order valence-corrected chi connectivity index (χ2v) is 6.87. The van der Waals surface area contributed by atoms with Crippen molar-refractivity contribution in [1.82, 2.24) is 10.0 Å². The molecular formula is C13H15F3N2O3S. The Kier molecular flexibility index (Phi) is 4.76. The minimum absolute atomic E-state index is 0.0576. The summed E-state index contributed by atoms with van der Waals surface area (Å²) in [5.74, 6) is -0.685. The summed E-state index contributed by atoms with van der Waals surface area (Å²) in [5.41, 5.74) is -0.827. The number of nitrogens with one attached hydrogen (secondary N) is 2. The number of hydrogen-bond donors (Lipinski definition) is 2. The van der Waals surface area contributed by atoms with Gasteiger partial charge in [0, 0.05) is 19.0 Å². The van der Waals surface area contributed by atoms with Gasteiger partial charge in [0.25, 0.3) is 0 Å². The molecule has 1 amide bonds. The number of benzene rings is 1. The van der Waals surface area contributed by atoms with Crippen molar-refractivity contribution in [2.45, 2.75) is 30.8 Å². The molecule has 0 aromatic heterocycles. The van der Waals surface area contributed by atoms with Crippen LogP contribution in [0.3, 0.4) is 0 Å². The SMILES string of the molecule is O=C1CCC(NS(=O)(=O)Cc2cccc(C(F)(F)F)c2)CN1. The normalized spacial score (nSPS) is 19.8. The molecule has 0 spiro atoms. The van der Waals surface area contributed by atoms with E-state index < -0.39 is 33.6 Å². The van der Waals surface area contributed by atoms with E-state index in [0.717, 1.165) is 12.1 Å². The first-order valence-electron chi connectivity index (χ1n) is 6.58. The van der Waals surface area contributed by atoms with Crippen LogP contribution in [-0.2, 0) is 26.7 Å². The molecule has 1 aliphatic heterocycles. The smallest absolute Gasteiger partial charge is 0.355 e. The summed E-state index contributed by atoms with van der Waals surface area (Å²) in [7, 11) is -3.78. The van der Waals surface area contributed by atoms with Crippen LogP contribution < -0.4 is 10.0 Å². The molecule has 1 aromatic rings. The highest BCUT2D eigenvalue weighted by molar-refractivity contribution is 7.88. The Morgan fingerprint density at radius 2 is 2.05 bits per heavy atom. The third-order valence-corrected chi connectivity index (χ3v) is 4.63. The molecule has 1 aromatic carbocycles. The lowest BCUT2D eigenvalue weighted by atomic mass is 10.1. The Morgan fingerprint density at radius 1 is 1.32 bits per heavy atom. The number of sulfonamides is 1. The van der Waals surface area contributed by atoms with Crippen LogP contribution in [0.25, 0.3) is 0 Å². The van der Waals surface area contributed by atoms with Crippen LogP contribution in [0.1, 0.15) is 24.0 Å². The topological polar surface area (TPSA) is 75.3 Å². The molecule has 0 saturated carbocycles. The lowest BCUT2D eigenvalue weighted by molar-refractivity contribution is -0.137. The lowest BCUT2D eigenvalue weighted by Gasteiger charge is -2.23. The van der Waals surface area contributed by atoms with E-state index in [-0.39, 0.29) is 24.4 Å². The van der Waals surface area contributed by atoms with Gasteiger partial charge in [-0.3, -0.25) is 4.79 Å². The van der Waals surface area contributed by atoms with Crippen molar-refractivity contribution in [3.8, 4) is 0 Å². The maximum atomic E-state index is 12.6. The van der Waals surface area contributed by atoms with Crippen LogP contribution in [0.15, 0.2) is 24.3 Å². The van der Waals surface area contributed by atoms with Gasteiger partial charge in [0.05, 0.1) is 11.3 Å². The Morgan fingerprint density at radius 3 is 2.64 bits per heavy atom. The Hall–Kier alpha value is -1.61. The lowest BCUT2D eigenvalue weighted by Crippen LogP contribution is -2.47. The van der Waals surface area contributed by atoms with Gasteiger partial charge in [-0.15, -0.1) is 0 Å². The molecule has 122 valence electrons. The number of rotatable bonds is 4. The molecule has 2 N–H and O–H groups in total. The number of carbonyl (C=O) groups is 1. The maximum Gasteiger partial charge on any atom is 0.416 e. The molecule has 0 radical (unpaired) electrons. The van der Waals surface area contributed by atoms with Crippen molar-refractivity contribution >= 4 is 15.9 Å². The average Bonchev–Trinajstić information content (AvgIpc) is 2.40. The molecule has 1 heterocycles. The number of carbonyl (C=O) groups excluding carboxylic acids is 1. The number of amides is 1. The zero-order chi connectivity index (χ0) is 16.4. The van der Waals surface area contributed by atoms with E-state index in [2.05, 4.69) is 10.0 Å². The summed E-state index contributed by atoms with van der Waals surface area (Å²) >= 11 is 0. The van der Waals surface area contributed by atoms with E-state index in [1.807, 2.05) is 0 Å². The Labute approximate surface area is 125 Å². The maximum absolute atomic E-state index is 12.6. The highest BCUT2D eigenvalue weighted by atomic mass is 32.2. The van der Waals surface area contributed by atoms with Crippen molar-refractivity contribution in [2.24, 2.45) is 0 Å². The van der Waals surface area contributed by atoms with Gasteiger partial charge in [-0.05, 0) is 18.1 Å². The molecule has 2 rings (SSSR count). The van der Waals surface area contributed by atoms with Crippen LogP contribution in [0, 0.1) is 0 Å². The van der Waals surface area contributed by atoms with E-state index >= 15 is 0 Å². The summed E-state index contributed by atoms with van der Waals surface area (Å²) < 4.78 is 64.2. The Bertz CT molecular complexity index is 649. The van der Waals surface area contributed by atoms with Gasteiger partial charge in [-0.1, -0.05) is 18.2 Å². The second kappa shape index (κ2) is 6.25. The predicted molar refractivity (Wildman–Crippen MR) is 73.2 cm³/mol. The molecule has 5 nitrogen and oxygen atoms in total. The van der Waals surface area contributed by atoms with Crippen molar-refractivity contribution in [3.63, 3.8) is 0 Å². The molecule has 1 unspecified atom stereocenters. The fraction of sp³-hybridized carbons (Fsp3) is 0.462. The van der Waals surface area contributed by atoms with Crippen molar-refractivity contribution in [2.75, 3.05) is 6.54 Å². The molecule has 1 fully saturated rings. The minimum Gasteiger partial charge on any atom is -0.355 e. The quantitative estimate of drug-likeness (QED) is 0.873. The monoisotopic (exact) mass is 336 g/mol. The first-order valence-corrected chi connectivity index (χ1v) is 8.24. The fourth-order valence-electron chi connectivity index (χ4n) is 2.19. The summed E-state index contributed by atoms with van der Waals surface area (Å²) in [6, 6.07) is 3.78. The number of halogens is 3. The molecule has 22 heavy (non-hydrogen) atoms. The Balaban J connectivity index is 2.04. The van der Waals surface area contributed by atoms with Crippen molar-refractivity contribution < 1.29 is 26.4 Å². The summed E-state index contributed by atoms with van der Waals surface area (Å²) in [5, 5.41) is 2.53. The fourth-order valence-corrected chi connectivity index (χ4v) is 3.60. The van der Waals surface area contributed by atoms with E-state index in [1.165, 1.54) is 12.1 Å².